The van der Waals surface area contributed by atoms with Crippen LogP contribution < -0.4 is 10.5 Å². The van der Waals surface area contributed by atoms with Crippen molar-refractivity contribution in [3.63, 3.8) is 0 Å². The van der Waals surface area contributed by atoms with Crippen LogP contribution in [0.4, 0.5) is 0 Å². The molecule has 2 heterocycles. The molecule has 0 aliphatic carbocycles. The van der Waals surface area contributed by atoms with Gasteiger partial charge in [0.15, 0.2) is 0 Å². The van der Waals surface area contributed by atoms with Gasteiger partial charge in [-0.2, -0.15) is 0 Å². The molecule has 20 heavy (non-hydrogen) atoms. The van der Waals surface area contributed by atoms with Crippen LogP contribution in [0, 0.1) is 0 Å². The fraction of sp³-hybridized carbons (Fsp3) is 0.400. The first-order valence-corrected chi connectivity index (χ1v) is 7.59. The molecule has 0 radical (unpaired) electrons. The Morgan fingerprint density at radius 1 is 1.45 bits per heavy atom. The normalized spacial score (nSPS) is 21.6. The summed E-state index contributed by atoms with van der Waals surface area (Å²) in [5, 5.41) is 0. The largest absolute Gasteiger partial charge is 0.484 e. The molecule has 2 N–H and O–H groups in total. The minimum absolute atomic E-state index is 0.0169. The van der Waals surface area contributed by atoms with Gasteiger partial charge in [-0.3, -0.25) is 0 Å². The molecular weight excluding hydrogens is 318 g/mol. The van der Waals surface area contributed by atoms with Gasteiger partial charge in [0.05, 0.1) is 18.2 Å². The second kappa shape index (κ2) is 5.22. The van der Waals surface area contributed by atoms with Crippen LogP contribution in [0.25, 0.3) is 0 Å². The van der Waals surface area contributed by atoms with Gasteiger partial charge in [0.25, 0.3) is 0 Å². The van der Waals surface area contributed by atoms with Gasteiger partial charge < -0.3 is 15.0 Å². The molecule has 1 aromatic heterocycles. The number of ether oxygens (including phenoxy) is 1. The fourth-order valence-electron chi connectivity index (χ4n) is 2.65. The Balaban J connectivity index is 1.95. The second-order valence-corrected chi connectivity index (χ2v) is 6.37. The summed E-state index contributed by atoms with van der Waals surface area (Å²) in [5.74, 6) is 0.869. The first-order valence-electron chi connectivity index (χ1n) is 6.79. The maximum atomic E-state index is 6.31. The van der Waals surface area contributed by atoms with E-state index in [9.17, 15) is 0 Å². The summed E-state index contributed by atoms with van der Waals surface area (Å²) in [6, 6.07) is 6.33. The second-order valence-electron chi connectivity index (χ2n) is 5.45. The first-order chi connectivity index (χ1) is 9.56. The summed E-state index contributed by atoms with van der Waals surface area (Å²) in [7, 11) is 0. The monoisotopic (exact) mass is 335 g/mol. The highest BCUT2D eigenvalue weighted by Crippen LogP contribution is 2.40. The Kier molecular flexibility index (Phi) is 3.56. The van der Waals surface area contributed by atoms with Gasteiger partial charge >= 0.3 is 0 Å². The maximum Gasteiger partial charge on any atom is 0.142 e. The Morgan fingerprint density at radius 2 is 2.25 bits per heavy atom. The van der Waals surface area contributed by atoms with E-state index in [0.717, 1.165) is 27.9 Å². The molecule has 0 fully saturated rings. The van der Waals surface area contributed by atoms with Crippen LogP contribution in [0.15, 0.2) is 35.2 Å². The van der Waals surface area contributed by atoms with Gasteiger partial charge in [0.2, 0.25) is 0 Å². The lowest BCUT2D eigenvalue weighted by molar-refractivity contribution is 0.151. The van der Waals surface area contributed by atoms with E-state index in [1.165, 1.54) is 0 Å². The van der Waals surface area contributed by atoms with Gasteiger partial charge in [0.1, 0.15) is 11.9 Å². The number of hydrogen-bond donors (Lipinski definition) is 1. The molecule has 0 spiro atoms. The zero-order valence-electron chi connectivity index (χ0n) is 11.6. The standard InChI is InChI=1S/C15H18BrN3O/c1-9(2)19-8-18-7-13(19)15-6-12(17)11-5-10(16)3-4-14(11)20-15/h3-5,7-9,12,15H,6,17H2,1-2H3/t12-,15?/m0/s1. The number of hydrogen-bond acceptors (Lipinski definition) is 3. The highest BCUT2D eigenvalue weighted by Gasteiger charge is 2.29. The fourth-order valence-corrected chi connectivity index (χ4v) is 3.03. The summed E-state index contributed by atoms with van der Waals surface area (Å²) >= 11 is 3.48. The lowest BCUT2D eigenvalue weighted by Crippen LogP contribution is -2.26. The van der Waals surface area contributed by atoms with Gasteiger partial charge in [-0.15, -0.1) is 0 Å². The molecule has 2 atom stereocenters. The Labute approximate surface area is 127 Å². The zero-order chi connectivity index (χ0) is 14.3. The van der Waals surface area contributed by atoms with E-state index in [0.29, 0.717) is 6.04 Å². The highest BCUT2D eigenvalue weighted by atomic mass is 79.9. The van der Waals surface area contributed by atoms with Gasteiger partial charge in [-0.25, -0.2) is 4.98 Å². The van der Waals surface area contributed by atoms with Crippen LogP contribution in [0.3, 0.4) is 0 Å². The third kappa shape index (κ3) is 2.36. The van der Waals surface area contributed by atoms with E-state index in [1.807, 2.05) is 30.7 Å². The summed E-state index contributed by atoms with van der Waals surface area (Å²) in [5.41, 5.74) is 8.46. The van der Waals surface area contributed by atoms with Crippen molar-refractivity contribution in [3.8, 4) is 5.75 Å². The molecule has 4 nitrogen and oxygen atoms in total. The van der Waals surface area contributed by atoms with Crippen molar-refractivity contribution in [2.45, 2.75) is 38.5 Å². The average Bonchev–Trinajstić information content (AvgIpc) is 2.89. The van der Waals surface area contributed by atoms with Crippen molar-refractivity contribution in [2.75, 3.05) is 0 Å². The molecule has 106 valence electrons. The lowest BCUT2D eigenvalue weighted by atomic mass is 9.96. The topological polar surface area (TPSA) is 53.1 Å². The van der Waals surface area contributed by atoms with Crippen LogP contribution in [0.1, 0.15) is 49.7 Å². The molecular formula is C15H18BrN3O. The zero-order valence-corrected chi connectivity index (χ0v) is 13.2. The molecule has 1 aliphatic rings. The molecule has 0 saturated heterocycles. The molecule has 1 unspecified atom stereocenters. The van der Waals surface area contributed by atoms with Crippen molar-refractivity contribution in [1.82, 2.24) is 9.55 Å². The molecule has 0 bridgehead atoms. The summed E-state index contributed by atoms with van der Waals surface area (Å²) in [4.78, 5) is 4.25. The predicted octanol–water partition coefficient (Wildman–Crippen LogP) is 3.75. The van der Waals surface area contributed by atoms with Crippen molar-refractivity contribution in [3.05, 3.63) is 46.5 Å². The van der Waals surface area contributed by atoms with Crippen LogP contribution in [-0.4, -0.2) is 9.55 Å². The molecule has 0 amide bonds. The highest BCUT2D eigenvalue weighted by molar-refractivity contribution is 9.10. The van der Waals surface area contributed by atoms with Crippen LogP contribution in [-0.2, 0) is 0 Å². The molecule has 3 rings (SSSR count). The number of imidazole rings is 1. The summed E-state index contributed by atoms with van der Waals surface area (Å²) in [6.45, 7) is 4.28. The third-order valence-corrected chi connectivity index (χ3v) is 4.18. The molecule has 5 heteroatoms. The average molecular weight is 336 g/mol. The molecule has 0 saturated carbocycles. The number of aromatic nitrogens is 2. The third-order valence-electron chi connectivity index (χ3n) is 3.69. The van der Waals surface area contributed by atoms with Crippen LogP contribution in [0.5, 0.6) is 5.75 Å². The summed E-state index contributed by atoms with van der Waals surface area (Å²) in [6.07, 6.45) is 4.46. The number of nitrogens with two attached hydrogens (primary N) is 1. The van der Waals surface area contributed by atoms with Gasteiger partial charge in [-0.05, 0) is 32.0 Å². The smallest absolute Gasteiger partial charge is 0.142 e. The molecule has 2 aromatic rings. The Bertz CT molecular complexity index is 623. The number of halogens is 1. The van der Waals surface area contributed by atoms with Crippen LogP contribution >= 0.6 is 15.9 Å². The lowest BCUT2D eigenvalue weighted by Gasteiger charge is -2.31. The van der Waals surface area contributed by atoms with Gasteiger partial charge in [-0.1, -0.05) is 15.9 Å². The Hall–Kier alpha value is -1.33. The van der Waals surface area contributed by atoms with Crippen LogP contribution in [0.2, 0.25) is 0 Å². The van der Waals surface area contributed by atoms with E-state index >= 15 is 0 Å². The van der Waals surface area contributed by atoms with Crippen molar-refractivity contribution < 1.29 is 4.74 Å². The number of rotatable bonds is 2. The van der Waals surface area contributed by atoms with E-state index in [4.69, 9.17) is 10.5 Å². The first kappa shape index (κ1) is 13.6. The van der Waals surface area contributed by atoms with Gasteiger partial charge in [0, 0.05) is 28.5 Å². The van der Waals surface area contributed by atoms with E-state index in [-0.39, 0.29) is 12.1 Å². The number of benzene rings is 1. The Morgan fingerprint density at radius 3 is 3.00 bits per heavy atom. The SMILES string of the molecule is CC(C)n1cncc1C1C[C@H](N)c2cc(Br)ccc2O1. The molecule has 1 aliphatic heterocycles. The molecule has 1 aromatic carbocycles. The van der Waals surface area contributed by atoms with Crippen molar-refractivity contribution in [1.29, 1.82) is 0 Å². The summed E-state index contributed by atoms with van der Waals surface area (Å²) < 4.78 is 9.30. The van der Waals surface area contributed by atoms with E-state index in [2.05, 4.69) is 39.3 Å². The minimum atomic E-state index is -0.0384. The quantitative estimate of drug-likeness (QED) is 0.909. The predicted molar refractivity (Wildman–Crippen MR) is 81.7 cm³/mol. The number of fused-ring (bicyclic) bond motifs is 1. The van der Waals surface area contributed by atoms with Crippen molar-refractivity contribution >= 4 is 15.9 Å². The number of nitrogens with zero attached hydrogens (tertiary/aromatic N) is 2. The van der Waals surface area contributed by atoms with E-state index < -0.39 is 0 Å². The van der Waals surface area contributed by atoms with Crippen molar-refractivity contribution in [2.24, 2.45) is 5.73 Å². The van der Waals surface area contributed by atoms with E-state index in [1.54, 1.807) is 0 Å². The maximum absolute atomic E-state index is 6.31. The minimum Gasteiger partial charge on any atom is -0.484 e.